The lowest BCUT2D eigenvalue weighted by Gasteiger charge is -2.31. The minimum atomic E-state index is -2.12. The topological polar surface area (TPSA) is 103 Å². The van der Waals surface area contributed by atoms with E-state index in [9.17, 15) is 25.0 Å². The molecule has 78 valence electrons. The summed E-state index contributed by atoms with van der Waals surface area (Å²) in [5.74, 6) is -0.769. The van der Waals surface area contributed by atoms with Gasteiger partial charge in [-0.15, -0.1) is 0 Å². The normalized spacial score (nSPS) is 19.8. The zero-order valence-corrected chi connectivity index (χ0v) is 8.60. The monoisotopic (exact) mass is 266 g/mol. The predicted octanol–water partition coefficient (Wildman–Crippen LogP) is 0.610. The summed E-state index contributed by atoms with van der Waals surface area (Å²) in [4.78, 5) is 30.1. The number of alkyl halides is 1. The van der Waals surface area contributed by atoms with E-state index in [1.807, 2.05) is 0 Å². The van der Waals surface area contributed by atoms with Gasteiger partial charge in [0.05, 0.1) is 28.0 Å². The van der Waals surface area contributed by atoms with Gasteiger partial charge in [0.1, 0.15) is 5.78 Å². The Labute approximate surface area is 86.9 Å². The van der Waals surface area contributed by atoms with E-state index >= 15 is 0 Å². The Morgan fingerprint density at radius 2 is 1.79 bits per heavy atom. The van der Waals surface area contributed by atoms with Crippen molar-refractivity contribution in [1.82, 2.24) is 0 Å². The summed E-state index contributed by atoms with van der Waals surface area (Å²) in [5.41, 5.74) is -2.12. The third kappa shape index (κ3) is 1.49. The van der Waals surface area contributed by atoms with Crippen molar-refractivity contribution in [2.45, 2.75) is 18.5 Å². The minimum Gasteiger partial charge on any atom is -0.298 e. The van der Waals surface area contributed by atoms with E-state index in [2.05, 4.69) is 15.9 Å². The molecule has 0 aliphatic heterocycles. The molecule has 1 aliphatic rings. The van der Waals surface area contributed by atoms with E-state index in [-0.39, 0.29) is 24.0 Å². The molecule has 0 heterocycles. The Bertz CT molecular complexity index is 283. The molecule has 1 fully saturated rings. The number of halogens is 1. The SMILES string of the molecule is O=C(CBr)C1CC([N+](=O)[O-])([N+](=O)[O-])C1. The smallest absolute Gasteiger partial charge is 0.298 e. The summed E-state index contributed by atoms with van der Waals surface area (Å²) in [6, 6.07) is 0. The van der Waals surface area contributed by atoms with E-state index in [4.69, 9.17) is 0 Å². The predicted molar refractivity (Wildman–Crippen MR) is 48.2 cm³/mol. The van der Waals surface area contributed by atoms with Gasteiger partial charge in [0.15, 0.2) is 0 Å². The summed E-state index contributed by atoms with van der Waals surface area (Å²) in [6.07, 6.45) is -0.588. The maximum atomic E-state index is 11.0. The van der Waals surface area contributed by atoms with E-state index in [1.165, 1.54) is 0 Å². The molecule has 14 heavy (non-hydrogen) atoms. The Hall–Kier alpha value is -1.05. The van der Waals surface area contributed by atoms with Gasteiger partial charge in [0.2, 0.25) is 0 Å². The molecule has 1 saturated carbocycles. The van der Waals surface area contributed by atoms with Crippen molar-refractivity contribution in [2.24, 2.45) is 5.92 Å². The number of hydrogen-bond acceptors (Lipinski definition) is 5. The van der Waals surface area contributed by atoms with Crippen LogP contribution in [0.25, 0.3) is 0 Å². The highest BCUT2D eigenvalue weighted by Gasteiger charge is 2.67. The van der Waals surface area contributed by atoms with Crippen molar-refractivity contribution in [3.05, 3.63) is 20.2 Å². The standard InChI is InChI=1S/C6H7BrN2O5/c7-3-5(10)4-1-6(2-4,8(11)12)9(13)14/h4H,1-3H2. The van der Waals surface area contributed by atoms with E-state index in [1.54, 1.807) is 0 Å². The average molecular weight is 267 g/mol. The second kappa shape index (κ2) is 3.60. The summed E-state index contributed by atoms with van der Waals surface area (Å²) < 4.78 is 0. The maximum Gasteiger partial charge on any atom is 0.459 e. The number of ketones is 1. The molecular formula is C6H7BrN2O5. The van der Waals surface area contributed by atoms with Crippen LogP contribution in [0.4, 0.5) is 0 Å². The van der Waals surface area contributed by atoms with Gasteiger partial charge in [-0.1, -0.05) is 15.9 Å². The van der Waals surface area contributed by atoms with E-state index in [0.29, 0.717) is 0 Å². The first-order chi connectivity index (χ1) is 6.44. The number of hydrogen-bond donors (Lipinski definition) is 0. The van der Waals surface area contributed by atoms with Crippen LogP contribution in [0.1, 0.15) is 12.8 Å². The third-order valence-electron chi connectivity index (χ3n) is 2.41. The summed E-state index contributed by atoms with van der Waals surface area (Å²) in [5, 5.41) is 21.0. The van der Waals surface area contributed by atoms with Gasteiger partial charge >= 0.3 is 5.66 Å². The molecular weight excluding hydrogens is 260 g/mol. The number of rotatable bonds is 4. The Morgan fingerprint density at radius 1 is 1.36 bits per heavy atom. The summed E-state index contributed by atoms with van der Waals surface area (Å²) in [6.45, 7) is 0. The van der Waals surface area contributed by atoms with Crippen LogP contribution in [0.5, 0.6) is 0 Å². The second-order valence-corrected chi connectivity index (χ2v) is 3.76. The van der Waals surface area contributed by atoms with E-state index < -0.39 is 21.4 Å². The molecule has 0 amide bonds. The quantitative estimate of drug-likeness (QED) is 0.321. The molecule has 0 N–H and O–H groups in total. The highest BCUT2D eigenvalue weighted by molar-refractivity contribution is 9.09. The van der Waals surface area contributed by atoms with Crippen LogP contribution in [0, 0.1) is 26.1 Å². The third-order valence-corrected chi connectivity index (χ3v) is 2.97. The lowest BCUT2D eigenvalue weighted by atomic mass is 9.73. The van der Waals surface area contributed by atoms with Crippen molar-refractivity contribution in [3.8, 4) is 0 Å². The molecule has 0 spiro atoms. The molecule has 0 radical (unpaired) electrons. The number of Topliss-reactive ketones (excluding diaryl/α,β-unsaturated/α-hetero) is 1. The number of carbonyl (C=O) groups is 1. The Balaban J connectivity index is 2.70. The zero-order valence-electron chi connectivity index (χ0n) is 7.01. The Morgan fingerprint density at radius 3 is 2.07 bits per heavy atom. The van der Waals surface area contributed by atoms with Gasteiger partial charge < -0.3 is 0 Å². The highest BCUT2D eigenvalue weighted by Crippen LogP contribution is 2.41. The summed E-state index contributed by atoms with van der Waals surface area (Å²) >= 11 is 2.91. The van der Waals surface area contributed by atoms with Gasteiger partial charge in [0.25, 0.3) is 0 Å². The van der Waals surface area contributed by atoms with Gasteiger partial charge in [-0.25, -0.2) is 0 Å². The summed E-state index contributed by atoms with van der Waals surface area (Å²) in [7, 11) is 0. The molecule has 0 saturated heterocycles. The van der Waals surface area contributed by atoms with Crippen molar-refractivity contribution >= 4 is 21.7 Å². The van der Waals surface area contributed by atoms with Crippen LogP contribution in [0.15, 0.2) is 0 Å². The van der Waals surface area contributed by atoms with Crippen molar-refractivity contribution in [3.63, 3.8) is 0 Å². The van der Waals surface area contributed by atoms with Crippen LogP contribution in [-0.4, -0.2) is 26.6 Å². The molecule has 8 heteroatoms. The largest absolute Gasteiger partial charge is 0.459 e. The molecule has 0 aromatic carbocycles. The maximum absolute atomic E-state index is 11.0. The molecule has 0 atom stereocenters. The lowest BCUT2D eigenvalue weighted by molar-refractivity contribution is -0.813. The molecule has 7 nitrogen and oxygen atoms in total. The van der Waals surface area contributed by atoms with Crippen molar-refractivity contribution in [1.29, 1.82) is 0 Å². The van der Waals surface area contributed by atoms with Gasteiger partial charge in [-0.2, -0.15) is 0 Å². The molecule has 0 aromatic heterocycles. The lowest BCUT2D eigenvalue weighted by Crippen LogP contribution is -2.58. The molecule has 0 unspecified atom stereocenters. The van der Waals surface area contributed by atoms with Crippen LogP contribution in [0.2, 0.25) is 0 Å². The Kier molecular flexibility index (Phi) is 2.84. The van der Waals surface area contributed by atoms with Gasteiger partial charge in [-0.05, 0) is 0 Å². The fourth-order valence-corrected chi connectivity index (χ4v) is 1.89. The van der Waals surface area contributed by atoms with Gasteiger partial charge in [-0.3, -0.25) is 25.0 Å². The molecule has 0 aromatic rings. The molecule has 1 rings (SSSR count). The van der Waals surface area contributed by atoms with Crippen LogP contribution in [-0.2, 0) is 4.79 Å². The first-order valence-electron chi connectivity index (χ1n) is 3.81. The molecule has 1 aliphatic carbocycles. The second-order valence-electron chi connectivity index (χ2n) is 3.20. The van der Waals surface area contributed by atoms with Crippen LogP contribution >= 0.6 is 15.9 Å². The minimum absolute atomic E-state index is 0.0865. The first-order valence-corrected chi connectivity index (χ1v) is 4.94. The zero-order chi connectivity index (χ0) is 10.9. The molecule has 0 bridgehead atoms. The fourth-order valence-electron chi connectivity index (χ4n) is 1.43. The van der Waals surface area contributed by atoms with E-state index in [0.717, 1.165) is 0 Å². The van der Waals surface area contributed by atoms with Crippen molar-refractivity contribution in [2.75, 3.05) is 5.33 Å². The average Bonchev–Trinajstić information content (AvgIpc) is 2.00. The number of nitrogens with zero attached hydrogens (tertiary/aromatic N) is 2. The number of nitro groups is 2. The number of carbonyl (C=O) groups excluding carboxylic acids is 1. The van der Waals surface area contributed by atoms with Crippen LogP contribution in [0.3, 0.4) is 0 Å². The van der Waals surface area contributed by atoms with Crippen LogP contribution < -0.4 is 0 Å². The van der Waals surface area contributed by atoms with Gasteiger partial charge in [0, 0.05) is 5.92 Å². The first kappa shape index (κ1) is 11.0. The highest BCUT2D eigenvalue weighted by atomic mass is 79.9. The van der Waals surface area contributed by atoms with Crippen molar-refractivity contribution < 1.29 is 14.6 Å². The fraction of sp³-hybridized carbons (Fsp3) is 0.833.